The first-order chi connectivity index (χ1) is 9.67. The lowest BCUT2D eigenvalue weighted by Gasteiger charge is -2.15. The molecule has 1 unspecified atom stereocenters. The van der Waals surface area contributed by atoms with E-state index in [4.69, 9.17) is 0 Å². The average molecular weight is 334 g/mol. The number of nitrogens with one attached hydrogen (secondary N) is 1. The van der Waals surface area contributed by atoms with Crippen molar-refractivity contribution >= 4 is 21.7 Å². The number of anilines is 1. The molecule has 0 bridgehead atoms. The Hall–Kier alpha value is -1.42. The smallest absolute Gasteiger partial charge is 0.132 e. The largest absolute Gasteiger partial charge is 0.367 e. The predicted molar refractivity (Wildman–Crippen MR) is 87.0 cm³/mol. The highest BCUT2D eigenvalue weighted by Crippen LogP contribution is 2.15. The first-order valence-corrected chi connectivity index (χ1v) is 7.80. The summed E-state index contributed by atoms with van der Waals surface area (Å²) in [6, 6.07) is 12.7. The molecule has 106 valence electrons. The average Bonchev–Trinajstić information content (AvgIpc) is 2.39. The van der Waals surface area contributed by atoms with Crippen LogP contribution >= 0.6 is 15.9 Å². The Bertz CT molecular complexity index is 543. The fraction of sp³-hybridized carbons (Fsp3) is 0.375. The van der Waals surface area contributed by atoms with E-state index in [0.717, 1.165) is 35.5 Å². The molecule has 0 radical (unpaired) electrons. The van der Waals surface area contributed by atoms with Crippen molar-refractivity contribution < 1.29 is 0 Å². The van der Waals surface area contributed by atoms with E-state index in [1.807, 2.05) is 12.1 Å². The number of hydrogen-bond donors (Lipinski definition) is 1. The lowest BCUT2D eigenvalue weighted by molar-refractivity contribution is 0.772. The minimum Gasteiger partial charge on any atom is -0.367 e. The van der Waals surface area contributed by atoms with Gasteiger partial charge in [0.15, 0.2) is 0 Å². The van der Waals surface area contributed by atoms with Crippen LogP contribution in [0.25, 0.3) is 0 Å². The summed E-state index contributed by atoms with van der Waals surface area (Å²) < 4.78 is 0.838. The zero-order chi connectivity index (χ0) is 14.4. The van der Waals surface area contributed by atoms with Crippen LogP contribution in [0.4, 0.5) is 5.82 Å². The maximum absolute atomic E-state index is 4.55. The molecule has 0 amide bonds. The number of aryl methyl sites for hydroxylation is 1. The minimum absolute atomic E-state index is 0.327. The van der Waals surface area contributed by atoms with E-state index in [9.17, 15) is 0 Å². The molecule has 0 saturated carbocycles. The molecule has 1 atom stereocenters. The first-order valence-electron chi connectivity index (χ1n) is 7.01. The summed E-state index contributed by atoms with van der Waals surface area (Å²) in [4.78, 5) is 8.93. The van der Waals surface area contributed by atoms with Crippen LogP contribution in [-0.2, 0) is 12.8 Å². The number of rotatable bonds is 6. The third-order valence-electron chi connectivity index (χ3n) is 2.99. The van der Waals surface area contributed by atoms with Crippen molar-refractivity contribution in [1.29, 1.82) is 0 Å². The van der Waals surface area contributed by atoms with E-state index in [1.54, 1.807) is 0 Å². The van der Waals surface area contributed by atoms with Gasteiger partial charge in [0, 0.05) is 18.5 Å². The quantitative estimate of drug-likeness (QED) is 0.803. The van der Waals surface area contributed by atoms with E-state index >= 15 is 0 Å². The van der Waals surface area contributed by atoms with Crippen LogP contribution in [0.1, 0.15) is 31.7 Å². The van der Waals surface area contributed by atoms with Crippen LogP contribution in [0.2, 0.25) is 0 Å². The van der Waals surface area contributed by atoms with Gasteiger partial charge in [-0.3, -0.25) is 0 Å². The number of halogens is 1. The van der Waals surface area contributed by atoms with Crippen LogP contribution in [0.5, 0.6) is 0 Å². The monoisotopic (exact) mass is 333 g/mol. The summed E-state index contributed by atoms with van der Waals surface area (Å²) in [7, 11) is 0. The van der Waals surface area contributed by atoms with Crippen LogP contribution in [0.3, 0.4) is 0 Å². The SMILES string of the molecule is CCCc1nc(Br)cc(NC(C)Cc2ccccc2)n1. The molecule has 2 aromatic rings. The van der Waals surface area contributed by atoms with Crippen LogP contribution < -0.4 is 5.32 Å². The Balaban J connectivity index is 2.02. The Morgan fingerprint density at radius 2 is 1.95 bits per heavy atom. The molecule has 1 heterocycles. The lowest BCUT2D eigenvalue weighted by atomic mass is 10.1. The number of aromatic nitrogens is 2. The van der Waals surface area contributed by atoms with Crippen molar-refractivity contribution in [1.82, 2.24) is 9.97 Å². The minimum atomic E-state index is 0.327. The van der Waals surface area contributed by atoms with Crippen molar-refractivity contribution in [2.75, 3.05) is 5.32 Å². The standard InChI is InChI=1S/C16H20BrN3/c1-3-7-15-19-14(17)11-16(20-15)18-12(2)10-13-8-5-4-6-9-13/h4-6,8-9,11-12H,3,7,10H2,1-2H3,(H,18,19,20). The fourth-order valence-electron chi connectivity index (χ4n) is 2.15. The molecule has 0 aliphatic carbocycles. The Labute approximate surface area is 129 Å². The maximum atomic E-state index is 4.55. The van der Waals surface area contributed by atoms with E-state index in [0.29, 0.717) is 6.04 Å². The molecule has 20 heavy (non-hydrogen) atoms. The summed E-state index contributed by atoms with van der Waals surface area (Å²) in [6.07, 6.45) is 2.93. The highest BCUT2D eigenvalue weighted by Gasteiger charge is 2.07. The molecule has 1 aromatic heterocycles. The molecule has 0 aliphatic heterocycles. The number of benzene rings is 1. The zero-order valence-electron chi connectivity index (χ0n) is 11.9. The second-order valence-corrected chi connectivity index (χ2v) is 5.79. The molecule has 3 nitrogen and oxygen atoms in total. The third-order valence-corrected chi connectivity index (χ3v) is 3.40. The Kier molecular flexibility index (Phi) is 5.53. The predicted octanol–water partition coefficient (Wildman–Crippen LogP) is 4.23. The molecule has 0 aliphatic rings. The topological polar surface area (TPSA) is 37.8 Å². The van der Waals surface area contributed by atoms with Gasteiger partial charge in [0.05, 0.1) is 0 Å². The van der Waals surface area contributed by atoms with Crippen molar-refractivity contribution in [2.24, 2.45) is 0 Å². The second-order valence-electron chi connectivity index (χ2n) is 4.98. The van der Waals surface area contributed by atoms with E-state index in [-0.39, 0.29) is 0 Å². The van der Waals surface area contributed by atoms with Gasteiger partial charge in [-0.25, -0.2) is 9.97 Å². The zero-order valence-corrected chi connectivity index (χ0v) is 13.5. The molecule has 2 rings (SSSR count). The molecule has 0 saturated heterocycles. The van der Waals surface area contributed by atoms with E-state index < -0.39 is 0 Å². The van der Waals surface area contributed by atoms with Crippen LogP contribution in [-0.4, -0.2) is 16.0 Å². The Morgan fingerprint density at radius 1 is 1.20 bits per heavy atom. The number of nitrogens with zero attached hydrogens (tertiary/aromatic N) is 2. The molecular weight excluding hydrogens is 314 g/mol. The van der Waals surface area contributed by atoms with Gasteiger partial charge in [-0.15, -0.1) is 0 Å². The first kappa shape index (κ1) is 15.0. The van der Waals surface area contributed by atoms with Crippen molar-refractivity contribution in [3.63, 3.8) is 0 Å². The normalized spacial score (nSPS) is 12.2. The van der Waals surface area contributed by atoms with Gasteiger partial charge in [0.1, 0.15) is 16.2 Å². The third kappa shape index (κ3) is 4.60. The molecule has 0 fully saturated rings. The van der Waals surface area contributed by atoms with Crippen molar-refractivity contribution in [3.05, 3.63) is 52.4 Å². The highest BCUT2D eigenvalue weighted by molar-refractivity contribution is 9.10. The molecule has 1 N–H and O–H groups in total. The van der Waals surface area contributed by atoms with Gasteiger partial charge in [0.25, 0.3) is 0 Å². The van der Waals surface area contributed by atoms with Crippen molar-refractivity contribution in [2.45, 2.75) is 39.2 Å². The van der Waals surface area contributed by atoms with Crippen molar-refractivity contribution in [3.8, 4) is 0 Å². The van der Waals surface area contributed by atoms with Crippen LogP contribution in [0.15, 0.2) is 41.0 Å². The Morgan fingerprint density at radius 3 is 2.65 bits per heavy atom. The maximum Gasteiger partial charge on any atom is 0.132 e. The van der Waals surface area contributed by atoms with Gasteiger partial charge in [-0.2, -0.15) is 0 Å². The fourth-order valence-corrected chi connectivity index (χ4v) is 2.57. The molecule has 0 spiro atoms. The molecule has 1 aromatic carbocycles. The lowest BCUT2D eigenvalue weighted by Crippen LogP contribution is -2.19. The van der Waals surface area contributed by atoms with Gasteiger partial charge < -0.3 is 5.32 Å². The summed E-state index contributed by atoms with van der Waals surface area (Å²) in [5.41, 5.74) is 1.33. The van der Waals surface area contributed by atoms with Crippen LogP contribution in [0, 0.1) is 0 Å². The highest BCUT2D eigenvalue weighted by atomic mass is 79.9. The van der Waals surface area contributed by atoms with Gasteiger partial charge in [0.2, 0.25) is 0 Å². The summed E-state index contributed by atoms with van der Waals surface area (Å²) >= 11 is 3.45. The van der Waals surface area contributed by atoms with Gasteiger partial charge in [-0.05, 0) is 41.3 Å². The van der Waals surface area contributed by atoms with Gasteiger partial charge in [-0.1, -0.05) is 37.3 Å². The molecular formula is C16H20BrN3. The van der Waals surface area contributed by atoms with E-state index in [2.05, 4.69) is 69.3 Å². The summed E-state index contributed by atoms with van der Waals surface area (Å²) in [6.45, 7) is 4.30. The molecule has 4 heteroatoms. The number of hydrogen-bond acceptors (Lipinski definition) is 3. The second kappa shape index (κ2) is 7.39. The van der Waals surface area contributed by atoms with E-state index in [1.165, 1.54) is 5.56 Å². The summed E-state index contributed by atoms with van der Waals surface area (Å²) in [5.74, 6) is 1.77. The summed E-state index contributed by atoms with van der Waals surface area (Å²) in [5, 5.41) is 3.45. The van der Waals surface area contributed by atoms with Gasteiger partial charge >= 0.3 is 0 Å².